The summed E-state index contributed by atoms with van der Waals surface area (Å²) in [4.78, 5) is 13.5. The topological polar surface area (TPSA) is 52.0 Å². The Morgan fingerprint density at radius 2 is 1.84 bits per heavy atom. The number of carbonyl (C=O) groups is 1. The lowest BCUT2D eigenvalue weighted by Gasteiger charge is -2.22. The third kappa shape index (κ3) is 4.28. The van der Waals surface area contributed by atoms with E-state index in [-0.39, 0.29) is 17.8 Å². The Bertz CT molecular complexity index is 749. The quantitative estimate of drug-likeness (QED) is 0.866. The SMILES string of the molecule is C[C@H](C(=O)Nc1ccc2c(c1)OCCO2)[NH+](C)Cc1ccc(F)cc1. The molecule has 2 atom stereocenters. The maximum Gasteiger partial charge on any atom is 0.282 e. The molecule has 132 valence electrons. The number of ether oxygens (including phenoxy) is 2. The molecule has 0 saturated carbocycles. The van der Waals surface area contributed by atoms with Crippen LogP contribution in [0.5, 0.6) is 11.5 Å². The summed E-state index contributed by atoms with van der Waals surface area (Å²) in [6, 6.07) is 11.4. The van der Waals surface area contributed by atoms with E-state index < -0.39 is 0 Å². The minimum absolute atomic E-state index is 0.0868. The number of nitrogens with one attached hydrogen (secondary N) is 2. The first-order valence-corrected chi connectivity index (χ1v) is 8.30. The number of halogens is 1. The molecule has 2 aromatic carbocycles. The molecule has 0 spiro atoms. The van der Waals surface area contributed by atoms with E-state index in [9.17, 15) is 9.18 Å². The smallest absolute Gasteiger partial charge is 0.282 e. The van der Waals surface area contributed by atoms with Crippen molar-refractivity contribution in [2.75, 3.05) is 25.6 Å². The van der Waals surface area contributed by atoms with Crippen LogP contribution in [0.15, 0.2) is 42.5 Å². The molecule has 0 saturated heterocycles. The maximum atomic E-state index is 13.0. The molecule has 1 aliphatic rings. The van der Waals surface area contributed by atoms with Crippen LogP contribution in [0.3, 0.4) is 0 Å². The van der Waals surface area contributed by atoms with Crippen LogP contribution >= 0.6 is 0 Å². The van der Waals surface area contributed by atoms with Crippen molar-refractivity contribution in [3.63, 3.8) is 0 Å². The van der Waals surface area contributed by atoms with Gasteiger partial charge in [-0.1, -0.05) is 12.1 Å². The van der Waals surface area contributed by atoms with Crippen LogP contribution in [0.25, 0.3) is 0 Å². The molecular weight excluding hydrogens is 323 g/mol. The molecule has 1 heterocycles. The first-order chi connectivity index (χ1) is 12.0. The number of hydrogen-bond acceptors (Lipinski definition) is 3. The van der Waals surface area contributed by atoms with Crippen LogP contribution in [-0.4, -0.2) is 32.2 Å². The summed E-state index contributed by atoms with van der Waals surface area (Å²) in [5.41, 5.74) is 1.66. The monoisotopic (exact) mass is 345 g/mol. The molecule has 25 heavy (non-hydrogen) atoms. The third-order valence-electron chi connectivity index (χ3n) is 4.34. The highest BCUT2D eigenvalue weighted by Gasteiger charge is 2.23. The van der Waals surface area contributed by atoms with Crippen molar-refractivity contribution >= 4 is 11.6 Å². The van der Waals surface area contributed by atoms with Gasteiger partial charge in [0, 0.05) is 17.3 Å². The van der Waals surface area contributed by atoms with E-state index in [0.29, 0.717) is 36.9 Å². The number of likely N-dealkylation sites (N-methyl/N-ethyl adjacent to an activating group) is 1. The van der Waals surface area contributed by atoms with Crippen LogP contribution in [-0.2, 0) is 11.3 Å². The Labute approximate surface area is 146 Å². The van der Waals surface area contributed by atoms with Gasteiger partial charge in [-0.3, -0.25) is 4.79 Å². The second-order valence-corrected chi connectivity index (χ2v) is 6.22. The van der Waals surface area contributed by atoms with Gasteiger partial charge in [0.2, 0.25) is 0 Å². The first kappa shape index (κ1) is 17.2. The predicted octanol–water partition coefficient (Wildman–Crippen LogP) is 1.64. The van der Waals surface area contributed by atoms with Gasteiger partial charge in [-0.05, 0) is 31.2 Å². The summed E-state index contributed by atoms with van der Waals surface area (Å²) < 4.78 is 24.0. The number of anilines is 1. The lowest BCUT2D eigenvalue weighted by molar-refractivity contribution is -0.907. The van der Waals surface area contributed by atoms with Crippen molar-refractivity contribution in [2.24, 2.45) is 0 Å². The van der Waals surface area contributed by atoms with Crippen molar-refractivity contribution < 1.29 is 23.6 Å². The normalized spacial score (nSPS) is 15.3. The molecule has 1 amide bonds. The summed E-state index contributed by atoms with van der Waals surface area (Å²) in [5.74, 6) is 0.988. The molecule has 1 unspecified atom stereocenters. The van der Waals surface area contributed by atoms with Crippen LogP contribution < -0.4 is 19.7 Å². The molecule has 0 aliphatic carbocycles. The summed E-state index contributed by atoms with van der Waals surface area (Å²) in [5, 5.41) is 2.91. The van der Waals surface area contributed by atoms with Gasteiger partial charge in [-0.25, -0.2) is 4.39 Å². The third-order valence-corrected chi connectivity index (χ3v) is 4.34. The van der Waals surface area contributed by atoms with Crippen molar-refractivity contribution in [3.05, 3.63) is 53.8 Å². The summed E-state index contributed by atoms with van der Waals surface area (Å²) in [7, 11) is 1.94. The van der Waals surface area contributed by atoms with E-state index in [1.165, 1.54) is 12.1 Å². The van der Waals surface area contributed by atoms with E-state index in [1.807, 2.05) is 14.0 Å². The Balaban J connectivity index is 1.60. The fraction of sp³-hybridized carbons (Fsp3) is 0.316. The largest absolute Gasteiger partial charge is 0.486 e. The van der Waals surface area contributed by atoms with E-state index in [4.69, 9.17) is 9.47 Å². The number of carbonyl (C=O) groups excluding carboxylic acids is 1. The van der Waals surface area contributed by atoms with E-state index in [2.05, 4.69) is 5.32 Å². The van der Waals surface area contributed by atoms with Crippen molar-refractivity contribution in [2.45, 2.75) is 19.5 Å². The van der Waals surface area contributed by atoms with Gasteiger partial charge in [-0.2, -0.15) is 0 Å². The van der Waals surface area contributed by atoms with Gasteiger partial charge in [0.15, 0.2) is 17.5 Å². The number of amides is 1. The van der Waals surface area contributed by atoms with E-state index in [1.54, 1.807) is 30.3 Å². The average Bonchev–Trinajstić information content (AvgIpc) is 2.62. The second kappa shape index (κ2) is 7.53. The highest BCUT2D eigenvalue weighted by atomic mass is 19.1. The van der Waals surface area contributed by atoms with E-state index >= 15 is 0 Å². The molecule has 0 radical (unpaired) electrons. The lowest BCUT2D eigenvalue weighted by atomic mass is 10.2. The van der Waals surface area contributed by atoms with Gasteiger partial charge >= 0.3 is 0 Å². The van der Waals surface area contributed by atoms with Gasteiger partial charge in [0.1, 0.15) is 25.6 Å². The Morgan fingerprint density at radius 1 is 1.16 bits per heavy atom. The number of benzene rings is 2. The molecule has 2 aromatic rings. The molecule has 5 nitrogen and oxygen atoms in total. The van der Waals surface area contributed by atoms with Crippen molar-refractivity contribution in [1.29, 1.82) is 0 Å². The van der Waals surface area contributed by atoms with Crippen molar-refractivity contribution in [3.8, 4) is 11.5 Å². The molecule has 1 aliphatic heterocycles. The zero-order chi connectivity index (χ0) is 17.8. The molecule has 3 rings (SSSR count). The number of fused-ring (bicyclic) bond motifs is 1. The Kier molecular flexibility index (Phi) is 5.19. The second-order valence-electron chi connectivity index (χ2n) is 6.22. The lowest BCUT2D eigenvalue weighted by Crippen LogP contribution is -3.12. The highest BCUT2D eigenvalue weighted by molar-refractivity contribution is 5.93. The predicted molar refractivity (Wildman–Crippen MR) is 92.5 cm³/mol. The zero-order valence-electron chi connectivity index (χ0n) is 14.3. The van der Waals surface area contributed by atoms with Crippen LogP contribution in [0.1, 0.15) is 12.5 Å². The standard InChI is InChI=1S/C19H21FN2O3/c1-13(22(2)12-14-3-5-15(20)6-4-14)19(23)21-16-7-8-17-18(11-16)25-10-9-24-17/h3-8,11,13H,9-10,12H2,1-2H3,(H,21,23)/p+1/t13-/m1/s1. The van der Waals surface area contributed by atoms with Gasteiger partial charge in [0.05, 0.1) is 7.05 Å². The number of quaternary nitrogens is 1. The van der Waals surface area contributed by atoms with E-state index in [0.717, 1.165) is 10.5 Å². The molecular formula is C19H22FN2O3+. The highest BCUT2D eigenvalue weighted by Crippen LogP contribution is 2.32. The van der Waals surface area contributed by atoms with Crippen LogP contribution in [0, 0.1) is 5.82 Å². The molecule has 0 fully saturated rings. The zero-order valence-corrected chi connectivity index (χ0v) is 14.3. The van der Waals surface area contributed by atoms with Gasteiger partial charge in [-0.15, -0.1) is 0 Å². The summed E-state index contributed by atoms with van der Waals surface area (Å²) >= 11 is 0. The number of rotatable bonds is 5. The Morgan fingerprint density at radius 3 is 2.56 bits per heavy atom. The fourth-order valence-electron chi connectivity index (χ4n) is 2.67. The minimum atomic E-state index is -0.266. The molecule has 0 aromatic heterocycles. The van der Waals surface area contributed by atoms with Crippen molar-refractivity contribution in [1.82, 2.24) is 0 Å². The average molecular weight is 345 g/mol. The summed E-state index contributed by atoms with van der Waals surface area (Å²) in [6.45, 7) is 3.54. The van der Waals surface area contributed by atoms with Gasteiger partial charge in [0.25, 0.3) is 5.91 Å². The molecule has 0 bridgehead atoms. The van der Waals surface area contributed by atoms with Crippen LogP contribution in [0.2, 0.25) is 0 Å². The first-order valence-electron chi connectivity index (χ1n) is 8.30. The maximum absolute atomic E-state index is 13.0. The molecule has 6 heteroatoms. The van der Waals surface area contributed by atoms with Gasteiger partial charge < -0.3 is 19.7 Å². The molecule has 2 N–H and O–H groups in total. The summed E-state index contributed by atoms with van der Waals surface area (Å²) in [6.07, 6.45) is 0. The number of hydrogen-bond donors (Lipinski definition) is 2. The Hall–Kier alpha value is -2.60. The van der Waals surface area contributed by atoms with Crippen LogP contribution in [0.4, 0.5) is 10.1 Å². The minimum Gasteiger partial charge on any atom is -0.486 e. The fourth-order valence-corrected chi connectivity index (χ4v) is 2.67.